The van der Waals surface area contributed by atoms with Gasteiger partial charge in [0.05, 0.1) is 5.02 Å². The molecule has 0 fully saturated rings. The van der Waals surface area contributed by atoms with Crippen LogP contribution in [0.1, 0.15) is 5.56 Å². The highest BCUT2D eigenvalue weighted by Crippen LogP contribution is 2.22. The number of para-hydroxylation sites is 1. The second-order valence-corrected chi connectivity index (χ2v) is 4.84. The smallest absolute Gasteiger partial charge is 0.321 e. The number of amides is 3. The minimum absolute atomic E-state index is 0.289. The predicted octanol–water partition coefficient (Wildman–Crippen LogP) is 2.74. The molecule has 2 N–H and O–H groups in total. The number of nitrogens with one attached hydrogen (secondary N) is 2. The molecule has 2 aromatic carbocycles. The Labute approximate surface area is 133 Å². The Morgan fingerprint density at radius 2 is 1.68 bits per heavy atom. The van der Waals surface area contributed by atoms with Gasteiger partial charge in [-0.2, -0.15) is 0 Å². The molecule has 0 heterocycles. The largest absolute Gasteiger partial charge is 0.482 e. The van der Waals surface area contributed by atoms with Crippen LogP contribution in [0.5, 0.6) is 5.75 Å². The van der Waals surface area contributed by atoms with Crippen LogP contribution in [0.25, 0.3) is 0 Å². The van der Waals surface area contributed by atoms with E-state index >= 15 is 0 Å². The van der Waals surface area contributed by atoms with Crippen LogP contribution in [0.4, 0.5) is 4.79 Å². The highest BCUT2D eigenvalue weighted by atomic mass is 35.5. The van der Waals surface area contributed by atoms with E-state index in [-0.39, 0.29) is 6.61 Å². The minimum atomic E-state index is -0.573. The molecule has 0 atom stereocenters. The molecule has 6 heteroatoms. The summed E-state index contributed by atoms with van der Waals surface area (Å²) in [6.07, 6.45) is 0. The van der Waals surface area contributed by atoms with Gasteiger partial charge in [0.2, 0.25) is 0 Å². The van der Waals surface area contributed by atoms with Crippen LogP contribution in [0, 0.1) is 0 Å². The Morgan fingerprint density at radius 1 is 1.00 bits per heavy atom. The lowest BCUT2D eigenvalue weighted by Crippen LogP contribution is -2.41. The molecule has 2 rings (SSSR count). The van der Waals surface area contributed by atoms with Crippen molar-refractivity contribution in [2.75, 3.05) is 6.61 Å². The van der Waals surface area contributed by atoms with Gasteiger partial charge in [-0.3, -0.25) is 10.1 Å². The summed E-state index contributed by atoms with van der Waals surface area (Å²) < 4.78 is 5.24. The van der Waals surface area contributed by atoms with Gasteiger partial charge in [-0.1, -0.05) is 54.1 Å². The van der Waals surface area contributed by atoms with Crippen molar-refractivity contribution in [1.82, 2.24) is 10.6 Å². The van der Waals surface area contributed by atoms with Gasteiger partial charge in [0, 0.05) is 6.54 Å². The summed E-state index contributed by atoms with van der Waals surface area (Å²) in [5.41, 5.74) is 0.942. The first kappa shape index (κ1) is 15.9. The Balaban J connectivity index is 1.72. The first-order valence-electron chi connectivity index (χ1n) is 6.64. The van der Waals surface area contributed by atoms with E-state index in [2.05, 4.69) is 10.6 Å². The van der Waals surface area contributed by atoms with E-state index in [0.717, 1.165) is 5.56 Å². The SMILES string of the molecule is O=C(COc1ccccc1Cl)NC(=O)NCc1ccccc1. The molecule has 0 bridgehead atoms. The zero-order valence-electron chi connectivity index (χ0n) is 11.7. The maximum Gasteiger partial charge on any atom is 0.321 e. The van der Waals surface area contributed by atoms with Gasteiger partial charge in [0.1, 0.15) is 5.75 Å². The molecule has 3 amide bonds. The third-order valence-corrected chi connectivity index (χ3v) is 3.06. The normalized spacial score (nSPS) is 9.86. The quantitative estimate of drug-likeness (QED) is 0.890. The van der Waals surface area contributed by atoms with Crippen LogP contribution in [0.3, 0.4) is 0 Å². The molecule has 22 heavy (non-hydrogen) atoms. The van der Waals surface area contributed by atoms with Gasteiger partial charge < -0.3 is 10.1 Å². The number of imide groups is 1. The lowest BCUT2D eigenvalue weighted by molar-refractivity contribution is -0.122. The standard InChI is InChI=1S/C16H15ClN2O3/c17-13-8-4-5-9-14(13)22-11-15(20)19-16(21)18-10-12-6-2-1-3-7-12/h1-9H,10-11H2,(H2,18,19,20,21). The highest BCUT2D eigenvalue weighted by Gasteiger charge is 2.09. The first-order chi connectivity index (χ1) is 10.6. The summed E-state index contributed by atoms with van der Waals surface area (Å²) in [4.78, 5) is 23.2. The van der Waals surface area contributed by atoms with E-state index in [4.69, 9.17) is 16.3 Å². The number of hydrogen-bond acceptors (Lipinski definition) is 3. The predicted molar refractivity (Wildman–Crippen MR) is 83.8 cm³/mol. The van der Waals surface area contributed by atoms with E-state index in [1.807, 2.05) is 30.3 Å². The molecular weight excluding hydrogens is 304 g/mol. The monoisotopic (exact) mass is 318 g/mol. The Hall–Kier alpha value is -2.53. The summed E-state index contributed by atoms with van der Waals surface area (Å²) in [5.74, 6) is -0.158. The lowest BCUT2D eigenvalue weighted by Gasteiger charge is -2.09. The average molecular weight is 319 g/mol. The first-order valence-corrected chi connectivity index (χ1v) is 7.02. The Morgan fingerprint density at radius 3 is 2.41 bits per heavy atom. The van der Waals surface area contributed by atoms with Gasteiger partial charge >= 0.3 is 6.03 Å². The molecule has 0 aliphatic carbocycles. The van der Waals surface area contributed by atoms with Crippen LogP contribution >= 0.6 is 11.6 Å². The summed E-state index contributed by atoms with van der Waals surface area (Å²) in [6.45, 7) is 0.0494. The van der Waals surface area contributed by atoms with Crippen molar-refractivity contribution in [3.05, 3.63) is 65.2 Å². The maximum atomic E-state index is 11.6. The fourth-order valence-electron chi connectivity index (χ4n) is 1.69. The van der Waals surface area contributed by atoms with E-state index in [0.29, 0.717) is 17.3 Å². The van der Waals surface area contributed by atoms with Gasteiger partial charge in [-0.05, 0) is 17.7 Å². The molecule has 0 saturated carbocycles. The van der Waals surface area contributed by atoms with Gasteiger partial charge in [0.25, 0.3) is 5.91 Å². The van der Waals surface area contributed by atoms with Crippen molar-refractivity contribution in [3.63, 3.8) is 0 Å². The molecule has 114 valence electrons. The number of halogens is 1. The molecule has 0 aliphatic heterocycles. The summed E-state index contributed by atoms with van der Waals surface area (Å²) in [6, 6.07) is 15.6. The molecule has 0 spiro atoms. The maximum absolute atomic E-state index is 11.6. The summed E-state index contributed by atoms with van der Waals surface area (Å²) in [7, 11) is 0. The molecular formula is C16H15ClN2O3. The molecule has 5 nitrogen and oxygen atoms in total. The van der Waals surface area contributed by atoms with Crippen molar-refractivity contribution in [3.8, 4) is 5.75 Å². The number of rotatable bonds is 5. The van der Waals surface area contributed by atoms with E-state index in [1.165, 1.54) is 0 Å². The fourth-order valence-corrected chi connectivity index (χ4v) is 1.88. The van der Waals surface area contributed by atoms with Crippen LogP contribution < -0.4 is 15.4 Å². The van der Waals surface area contributed by atoms with Crippen molar-refractivity contribution < 1.29 is 14.3 Å². The Kier molecular flexibility index (Phi) is 5.80. The van der Waals surface area contributed by atoms with Crippen LogP contribution in [0.2, 0.25) is 5.02 Å². The molecule has 0 radical (unpaired) electrons. The summed E-state index contributed by atoms with van der Waals surface area (Å²) >= 11 is 5.89. The number of urea groups is 1. The number of hydrogen-bond donors (Lipinski definition) is 2. The van der Waals surface area contributed by atoms with Crippen LogP contribution in [0.15, 0.2) is 54.6 Å². The highest BCUT2D eigenvalue weighted by molar-refractivity contribution is 6.32. The molecule has 0 aromatic heterocycles. The molecule has 0 aliphatic rings. The van der Waals surface area contributed by atoms with Crippen molar-refractivity contribution in [2.24, 2.45) is 0 Å². The zero-order chi connectivity index (χ0) is 15.8. The second kappa shape index (κ2) is 8.05. The number of ether oxygens (including phenoxy) is 1. The topological polar surface area (TPSA) is 67.4 Å². The van der Waals surface area contributed by atoms with Gasteiger partial charge in [0.15, 0.2) is 6.61 Å². The summed E-state index contributed by atoms with van der Waals surface area (Å²) in [5, 5.41) is 5.18. The lowest BCUT2D eigenvalue weighted by atomic mass is 10.2. The third kappa shape index (κ3) is 5.10. The zero-order valence-corrected chi connectivity index (χ0v) is 12.5. The van der Waals surface area contributed by atoms with Crippen molar-refractivity contribution >= 4 is 23.5 Å². The molecule has 0 unspecified atom stereocenters. The van der Waals surface area contributed by atoms with Crippen molar-refractivity contribution in [1.29, 1.82) is 0 Å². The minimum Gasteiger partial charge on any atom is -0.482 e. The fraction of sp³-hybridized carbons (Fsp3) is 0.125. The number of carbonyl (C=O) groups is 2. The number of carbonyl (C=O) groups excluding carboxylic acids is 2. The van der Waals surface area contributed by atoms with E-state index < -0.39 is 11.9 Å². The molecule has 2 aromatic rings. The van der Waals surface area contributed by atoms with Crippen LogP contribution in [-0.2, 0) is 11.3 Å². The number of benzene rings is 2. The van der Waals surface area contributed by atoms with Gasteiger partial charge in [-0.25, -0.2) is 4.79 Å². The average Bonchev–Trinajstić information content (AvgIpc) is 2.53. The van der Waals surface area contributed by atoms with Crippen molar-refractivity contribution in [2.45, 2.75) is 6.54 Å². The van der Waals surface area contributed by atoms with Crippen LogP contribution in [-0.4, -0.2) is 18.5 Å². The third-order valence-electron chi connectivity index (χ3n) is 2.74. The Bertz CT molecular complexity index is 647. The van der Waals surface area contributed by atoms with E-state index in [1.54, 1.807) is 24.3 Å². The second-order valence-electron chi connectivity index (χ2n) is 4.44. The molecule has 0 saturated heterocycles. The van der Waals surface area contributed by atoms with E-state index in [9.17, 15) is 9.59 Å². The van der Waals surface area contributed by atoms with Gasteiger partial charge in [-0.15, -0.1) is 0 Å².